The fourth-order valence-electron chi connectivity index (χ4n) is 5.40. The van der Waals surface area contributed by atoms with Gasteiger partial charge in [-0.3, -0.25) is 9.59 Å². The van der Waals surface area contributed by atoms with Crippen LogP contribution in [0.5, 0.6) is 0 Å². The number of hydrogen-bond acceptors (Lipinski definition) is 7. The number of ether oxygens (including phenoxy) is 3. The molecular formula is C19H30O8. The van der Waals surface area contributed by atoms with Crippen LogP contribution in [-0.2, 0) is 33.6 Å². The van der Waals surface area contributed by atoms with Crippen molar-refractivity contribution in [2.75, 3.05) is 0 Å². The maximum atomic E-state index is 12.1. The van der Waals surface area contributed by atoms with Crippen molar-refractivity contribution in [1.82, 2.24) is 0 Å². The summed E-state index contributed by atoms with van der Waals surface area (Å²) in [5.74, 6) is -1.82. The van der Waals surface area contributed by atoms with Crippen molar-refractivity contribution < 1.29 is 40.1 Å². The van der Waals surface area contributed by atoms with Crippen molar-refractivity contribution in [3.05, 3.63) is 0 Å². The maximum absolute atomic E-state index is 12.1. The molecule has 0 aromatic rings. The Morgan fingerprint density at radius 3 is 2.67 bits per heavy atom. The van der Waals surface area contributed by atoms with Gasteiger partial charge in [0.05, 0.1) is 12.8 Å². The van der Waals surface area contributed by atoms with Gasteiger partial charge in [0.1, 0.15) is 0 Å². The summed E-state index contributed by atoms with van der Waals surface area (Å²) in [5.41, 5.74) is -0.697. The first-order chi connectivity index (χ1) is 12.7. The van der Waals surface area contributed by atoms with Gasteiger partial charge in [0, 0.05) is 19.7 Å². The van der Waals surface area contributed by atoms with Crippen LogP contribution in [0.3, 0.4) is 0 Å². The minimum Gasteiger partial charge on any atom is -0.481 e. The lowest BCUT2D eigenvalue weighted by atomic mass is 9.58. The molecule has 4 heterocycles. The van der Waals surface area contributed by atoms with Crippen LogP contribution in [-0.4, -0.2) is 41.0 Å². The Bertz CT molecular complexity index is 629. The second-order valence-electron chi connectivity index (χ2n) is 8.66. The number of hydrogen-bond donors (Lipinski definition) is 1. The molecule has 5 rings (SSSR count). The van der Waals surface area contributed by atoms with Gasteiger partial charge in [-0.15, -0.1) is 0 Å². The van der Waals surface area contributed by atoms with Crippen LogP contribution < -0.4 is 0 Å². The van der Waals surface area contributed by atoms with E-state index in [0.717, 1.165) is 19.3 Å². The first-order valence-electron chi connectivity index (χ1n) is 9.86. The lowest BCUT2D eigenvalue weighted by Gasteiger charge is -2.59. The summed E-state index contributed by atoms with van der Waals surface area (Å²) < 4.78 is 17.8. The second-order valence-corrected chi connectivity index (χ2v) is 8.66. The number of carbonyl (C=O) groups is 2. The van der Waals surface area contributed by atoms with Crippen molar-refractivity contribution in [1.29, 1.82) is 0 Å². The van der Waals surface area contributed by atoms with E-state index in [2.05, 4.69) is 6.92 Å². The number of aliphatic carboxylic acids is 1. The second kappa shape index (κ2) is 6.69. The molecule has 5 fully saturated rings. The van der Waals surface area contributed by atoms with E-state index in [-0.39, 0.29) is 32.0 Å². The van der Waals surface area contributed by atoms with Crippen LogP contribution in [0.2, 0.25) is 0 Å². The molecule has 154 valence electrons. The SMILES string of the molecule is CC1CC[C@H]2[C@@H](C)C(OC(=O)CCC(=O)O)OC3O[C@]4(C)CC[C@@H]1C32OO4.[HH]. The number of carboxylic acid groups (broad SMARTS) is 1. The molecule has 4 saturated heterocycles. The standard InChI is InChI=1S/C19H28O8.H2/c1-10-4-5-13-11(2)16(23-15(22)7-6-14(20)21)24-17-19(13)12(10)8-9-18(3,25-17)26-27-19;/h10-13,16-17H,4-9H2,1-3H3,(H,20,21);1H/t10?,11-,12+,13+,16?,17?,18+,19?;/m1./s1. The summed E-state index contributed by atoms with van der Waals surface area (Å²) in [4.78, 5) is 34.5. The highest BCUT2D eigenvalue weighted by Crippen LogP contribution is 2.60. The molecule has 5 aliphatic rings. The topological polar surface area (TPSA) is 101 Å². The summed E-state index contributed by atoms with van der Waals surface area (Å²) in [6, 6.07) is 0. The van der Waals surface area contributed by atoms with Crippen LogP contribution in [0.4, 0.5) is 0 Å². The molecule has 1 saturated carbocycles. The van der Waals surface area contributed by atoms with E-state index in [9.17, 15) is 9.59 Å². The number of rotatable bonds is 4. The predicted molar refractivity (Wildman–Crippen MR) is 91.9 cm³/mol. The zero-order valence-electron chi connectivity index (χ0n) is 16.0. The quantitative estimate of drug-likeness (QED) is 0.581. The van der Waals surface area contributed by atoms with Gasteiger partial charge in [-0.1, -0.05) is 13.8 Å². The summed E-state index contributed by atoms with van der Waals surface area (Å²) in [5, 5.41) is 8.76. The molecule has 27 heavy (non-hydrogen) atoms. The molecule has 2 bridgehead atoms. The summed E-state index contributed by atoms with van der Waals surface area (Å²) >= 11 is 0. The monoisotopic (exact) mass is 386 g/mol. The number of carbonyl (C=O) groups excluding carboxylic acids is 1. The van der Waals surface area contributed by atoms with Crippen LogP contribution >= 0.6 is 0 Å². The Kier molecular flexibility index (Phi) is 4.73. The lowest BCUT2D eigenvalue weighted by molar-refractivity contribution is -0.576. The van der Waals surface area contributed by atoms with Gasteiger partial charge in [-0.05, 0) is 38.0 Å². The molecule has 1 N–H and O–H groups in total. The number of esters is 1. The zero-order valence-corrected chi connectivity index (χ0v) is 16.0. The van der Waals surface area contributed by atoms with E-state index in [1.807, 2.05) is 13.8 Å². The fraction of sp³-hybridized carbons (Fsp3) is 0.895. The minimum atomic E-state index is -1.03. The van der Waals surface area contributed by atoms with E-state index in [1.165, 1.54) is 0 Å². The van der Waals surface area contributed by atoms with Crippen molar-refractivity contribution in [2.24, 2.45) is 23.7 Å². The highest BCUT2D eigenvalue weighted by atomic mass is 17.3. The molecule has 1 aliphatic carbocycles. The van der Waals surface area contributed by atoms with Gasteiger partial charge in [0.25, 0.3) is 0 Å². The Morgan fingerprint density at radius 2 is 1.93 bits per heavy atom. The van der Waals surface area contributed by atoms with Crippen LogP contribution in [0.1, 0.15) is 60.7 Å². The van der Waals surface area contributed by atoms with E-state index >= 15 is 0 Å². The zero-order chi connectivity index (χ0) is 19.4. The lowest BCUT2D eigenvalue weighted by Crippen LogP contribution is -2.70. The predicted octanol–water partition coefficient (Wildman–Crippen LogP) is 2.85. The van der Waals surface area contributed by atoms with E-state index in [4.69, 9.17) is 29.1 Å². The third-order valence-electron chi connectivity index (χ3n) is 6.89. The van der Waals surface area contributed by atoms with Crippen LogP contribution in [0.15, 0.2) is 0 Å². The summed E-state index contributed by atoms with van der Waals surface area (Å²) in [6.45, 7) is 6.06. The average Bonchev–Trinajstić information content (AvgIpc) is 2.84. The maximum Gasteiger partial charge on any atom is 0.308 e. The van der Waals surface area contributed by atoms with Crippen molar-refractivity contribution >= 4 is 11.9 Å². The Hall–Kier alpha value is -1.22. The summed E-state index contributed by atoms with van der Waals surface area (Å²) in [6.07, 6.45) is 1.72. The number of carboxylic acids is 1. The Morgan fingerprint density at radius 1 is 1.15 bits per heavy atom. The molecule has 1 spiro atoms. The molecular weight excluding hydrogens is 356 g/mol. The highest BCUT2D eigenvalue weighted by molar-refractivity contribution is 5.76. The van der Waals surface area contributed by atoms with Crippen molar-refractivity contribution in [2.45, 2.75) is 83.3 Å². The van der Waals surface area contributed by atoms with Gasteiger partial charge >= 0.3 is 11.9 Å². The molecule has 0 radical (unpaired) electrons. The van der Waals surface area contributed by atoms with Crippen molar-refractivity contribution in [3.63, 3.8) is 0 Å². The first kappa shape index (κ1) is 19.1. The fourth-order valence-corrected chi connectivity index (χ4v) is 5.40. The Labute approximate surface area is 159 Å². The molecule has 0 aromatic heterocycles. The first-order valence-corrected chi connectivity index (χ1v) is 9.86. The van der Waals surface area contributed by atoms with Gasteiger partial charge in [-0.25, -0.2) is 9.78 Å². The average molecular weight is 386 g/mol. The third kappa shape index (κ3) is 3.06. The molecule has 0 aromatic carbocycles. The van der Waals surface area contributed by atoms with Gasteiger partial charge in [0.15, 0.2) is 11.9 Å². The van der Waals surface area contributed by atoms with E-state index in [1.54, 1.807) is 0 Å². The van der Waals surface area contributed by atoms with Crippen molar-refractivity contribution in [3.8, 4) is 0 Å². The van der Waals surface area contributed by atoms with Crippen LogP contribution in [0.25, 0.3) is 0 Å². The molecule has 4 aliphatic heterocycles. The molecule has 8 atom stereocenters. The Balaban J connectivity index is 0.00000225. The minimum absolute atomic E-state index is 0. The van der Waals surface area contributed by atoms with E-state index < -0.39 is 35.9 Å². The van der Waals surface area contributed by atoms with Gasteiger partial charge in [-0.2, -0.15) is 0 Å². The third-order valence-corrected chi connectivity index (χ3v) is 6.89. The van der Waals surface area contributed by atoms with E-state index in [0.29, 0.717) is 12.3 Å². The molecule has 4 unspecified atom stereocenters. The van der Waals surface area contributed by atoms with Crippen LogP contribution in [0, 0.1) is 23.7 Å². The smallest absolute Gasteiger partial charge is 0.308 e. The molecule has 8 heteroatoms. The largest absolute Gasteiger partial charge is 0.481 e. The number of fused-ring (bicyclic) bond motifs is 2. The van der Waals surface area contributed by atoms with Gasteiger partial charge in [0.2, 0.25) is 12.1 Å². The molecule has 8 nitrogen and oxygen atoms in total. The van der Waals surface area contributed by atoms with Gasteiger partial charge < -0.3 is 19.3 Å². The highest BCUT2D eigenvalue weighted by Gasteiger charge is 2.69. The molecule has 0 amide bonds. The summed E-state index contributed by atoms with van der Waals surface area (Å²) in [7, 11) is 0. The normalized spacial score (nSPS) is 48.4.